The van der Waals surface area contributed by atoms with Crippen LogP contribution in [0.2, 0.25) is 0 Å². The fourth-order valence-corrected chi connectivity index (χ4v) is 4.49. The number of unbranched alkanes of at least 4 members (excludes halogenated alkanes) is 2. The van der Waals surface area contributed by atoms with Crippen molar-refractivity contribution in [2.45, 2.75) is 43.7 Å². The number of rotatable bonds is 9. The molecule has 0 bridgehead atoms. The first-order chi connectivity index (χ1) is 9.45. The molecule has 0 atom stereocenters. The lowest BCUT2D eigenvalue weighted by molar-refractivity contribution is 0.0687. The van der Waals surface area contributed by atoms with Crippen LogP contribution in [0.1, 0.15) is 50.0 Å². The lowest BCUT2D eigenvalue weighted by Gasteiger charge is -2.21. The van der Waals surface area contributed by atoms with Crippen LogP contribution >= 0.6 is 11.3 Å². The molecule has 8 heteroatoms. The molecule has 0 radical (unpaired) electrons. The van der Waals surface area contributed by atoms with Gasteiger partial charge in [0.1, 0.15) is 0 Å². The summed E-state index contributed by atoms with van der Waals surface area (Å²) in [4.78, 5) is 14.7. The van der Waals surface area contributed by atoms with E-state index in [0.29, 0.717) is 13.1 Å². The molecule has 0 amide bonds. The summed E-state index contributed by atoms with van der Waals surface area (Å²) in [5, 5.41) is 9.01. The average Bonchev–Trinajstić information content (AvgIpc) is 2.88. The third-order valence-electron chi connectivity index (χ3n) is 2.83. The second-order valence-corrected chi connectivity index (χ2v) is 7.39. The summed E-state index contributed by atoms with van der Waals surface area (Å²) in [5.41, 5.74) is 0.877. The Kier molecular flexibility index (Phi) is 6.57. The van der Waals surface area contributed by atoms with Crippen LogP contribution in [0.25, 0.3) is 0 Å². The molecule has 6 nitrogen and oxygen atoms in total. The van der Waals surface area contributed by atoms with Crippen LogP contribution in [-0.2, 0) is 10.0 Å². The highest BCUT2D eigenvalue weighted by atomic mass is 32.2. The first-order valence-corrected chi connectivity index (χ1v) is 8.94. The van der Waals surface area contributed by atoms with E-state index in [1.807, 2.05) is 13.8 Å². The lowest BCUT2D eigenvalue weighted by Crippen LogP contribution is -2.33. The summed E-state index contributed by atoms with van der Waals surface area (Å²) in [5.74, 6) is -1.31. The van der Waals surface area contributed by atoms with Crippen LogP contribution in [0.5, 0.6) is 0 Å². The highest BCUT2D eigenvalue weighted by molar-refractivity contribution is 7.91. The van der Waals surface area contributed by atoms with E-state index in [2.05, 4.69) is 4.98 Å². The van der Waals surface area contributed by atoms with Crippen molar-refractivity contribution in [1.29, 1.82) is 0 Å². The molecule has 0 saturated heterocycles. The minimum Gasteiger partial charge on any atom is -0.476 e. The molecule has 114 valence electrons. The number of sulfonamides is 1. The maximum absolute atomic E-state index is 12.6. The van der Waals surface area contributed by atoms with Gasteiger partial charge in [-0.2, -0.15) is 4.31 Å². The number of thiazole rings is 1. The summed E-state index contributed by atoms with van der Waals surface area (Å²) in [6.07, 6.45) is 3.27. The Morgan fingerprint density at radius 2 is 1.85 bits per heavy atom. The molecular formula is C12H20N2O4S2. The maximum atomic E-state index is 12.6. The Morgan fingerprint density at radius 3 is 2.30 bits per heavy atom. The number of aromatic nitrogens is 1. The zero-order valence-electron chi connectivity index (χ0n) is 11.7. The largest absolute Gasteiger partial charge is 0.476 e. The minimum atomic E-state index is -3.77. The highest BCUT2D eigenvalue weighted by Gasteiger charge is 2.30. The van der Waals surface area contributed by atoms with Gasteiger partial charge in [0.25, 0.3) is 10.0 Å². The van der Waals surface area contributed by atoms with E-state index in [9.17, 15) is 13.2 Å². The smallest absolute Gasteiger partial charge is 0.356 e. The molecule has 20 heavy (non-hydrogen) atoms. The normalized spacial score (nSPS) is 11.9. The predicted molar refractivity (Wildman–Crippen MR) is 77.6 cm³/mol. The van der Waals surface area contributed by atoms with Gasteiger partial charge in [-0.1, -0.05) is 26.7 Å². The van der Waals surface area contributed by atoms with Crippen LogP contribution in [0, 0.1) is 0 Å². The van der Waals surface area contributed by atoms with Gasteiger partial charge in [0, 0.05) is 13.1 Å². The topological polar surface area (TPSA) is 87.6 Å². The van der Waals surface area contributed by atoms with Crippen LogP contribution in [0.15, 0.2) is 9.72 Å². The van der Waals surface area contributed by atoms with Crippen LogP contribution in [0.4, 0.5) is 0 Å². The van der Waals surface area contributed by atoms with E-state index in [-0.39, 0.29) is 9.90 Å². The minimum absolute atomic E-state index is 0.169. The van der Waals surface area contributed by atoms with Gasteiger partial charge >= 0.3 is 5.97 Å². The maximum Gasteiger partial charge on any atom is 0.356 e. The standard InChI is InChI=1S/C12H20N2O4S2/c1-3-5-7-14(8-6-4-2)20(17,18)12-10(11(15)16)13-9-19-12/h9H,3-8H2,1-2H3,(H,15,16). The SMILES string of the molecule is CCCCN(CCCC)S(=O)(=O)c1scnc1C(=O)O. The summed E-state index contributed by atoms with van der Waals surface area (Å²) in [6, 6.07) is 0. The molecule has 0 aliphatic rings. The average molecular weight is 320 g/mol. The van der Waals surface area contributed by atoms with Crippen molar-refractivity contribution in [1.82, 2.24) is 9.29 Å². The van der Waals surface area contributed by atoms with Gasteiger partial charge in [-0.25, -0.2) is 18.2 Å². The Hall–Kier alpha value is -0.990. The van der Waals surface area contributed by atoms with Gasteiger partial charge in [-0.3, -0.25) is 0 Å². The van der Waals surface area contributed by atoms with Crippen molar-refractivity contribution < 1.29 is 18.3 Å². The second-order valence-electron chi connectivity index (χ2n) is 4.40. The van der Waals surface area contributed by atoms with E-state index in [0.717, 1.165) is 37.0 Å². The summed E-state index contributed by atoms with van der Waals surface area (Å²) >= 11 is 0.858. The van der Waals surface area contributed by atoms with E-state index in [1.165, 1.54) is 9.82 Å². The summed E-state index contributed by atoms with van der Waals surface area (Å²) in [6.45, 7) is 4.80. The summed E-state index contributed by atoms with van der Waals surface area (Å²) in [7, 11) is -3.77. The Balaban J connectivity index is 3.07. The van der Waals surface area contributed by atoms with Crippen molar-refractivity contribution in [3.8, 4) is 0 Å². The van der Waals surface area contributed by atoms with Crippen LogP contribution < -0.4 is 0 Å². The first kappa shape index (κ1) is 17.1. The molecule has 0 aliphatic heterocycles. The zero-order chi connectivity index (χ0) is 15.2. The fraction of sp³-hybridized carbons (Fsp3) is 0.667. The first-order valence-electron chi connectivity index (χ1n) is 6.62. The van der Waals surface area contributed by atoms with E-state index in [4.69, 9.17) is 5.11 Å². The number of carbonyl (C=O) groups is 1. The van der Waals surface area contributed by atoms with Crippen molar-refractivity contribution in [2.24, 2.45) is 0 Å². The molecular weight excluding hydrogens is 300 g/mol. The molecule has 1 rings (SSSR count). The number of carboxylic acids is 1. The predicted octanol–water partition coefficient (Wildman–Crippen LogP) is 2.43. The van der Waals surface area contributed by atoms with E-state index in [1.54, 1.807) is 0 Å². The van der Waals surface area contributed by atoms with Gasteiger partial charge in [0.05, 0.1) is 5.51 Å². The third kappa shape index (κ3) is 4.00. The van der Waals surface area contributed by atoms with Crippen molar-refractivity contribution in [2.75, 3.05) is 13.1 Å². The molecule has 1 aromatic heterocycles. The number of carboxylic acid groups (broad SMARTS) is 1. The van der Waals surface area contributed by atoms with Gasteiger partial charge < -0.3 is 5.11 Å². The fourth-order valence-electron chi connectivity index (χ4n) is 1.70. The second kappa shape index (κ2) is 7.70. The zero-order valence-corrected chi connectivity index (χ0v) is 13.3. The van der Waals surface area contributed by atoms with Crippen molar-refractivity contribution in [3.05, 3.63) is 11.2 Å². The van der Waals surface area contributed by atoms with Gasteiger partial charge in [-0.15, -0.1) is 11.3 Å². The highest BCUT2D eigenvalue weighted by Crippen LogP contribution is 2.24. The Labute approximate surface area is 123 Å². The lowest BCUT2D eigenvalue weighted by atomic mass is 10.3. The molecule has 0 unspecified atom stereocenters. The van der Waals surface area contributed by atoms with Crippen LogP contribution in [-0.4, -0.2) is 41.9 Å². The molecule has 0 saturated carbocycles. The quantitative estimate of drug-likeness (QED) is 0.755. The van der Waals surface area contributed by atoms with Gasteiger partial charge in [-0.05, 0) is 12.8 Å². The number of hydrogen-bond acceptors (Lipinski definition) is 5. The molecule has 0 spiro atoms. The third-order valence-corrected chi connectivity index (χ3v) is 6.08. The van der Waals surface area contributed by atoms with Crippen molar-refractivity contribution >= 4 is 27.3 Å². The van der Waals surface area contributed by atoms with Crippen LogP contribution in [0.3, 0.4) is 0 Å². The Bertz CT molecular complexity index is 531. The van der Waals surface area contributed by atoms with Crippen molar-refractivity contribution in [3.63, 3.8) is 0 Å². The number of nitrogens with zero attached hydrogens (tertiary/aromatic N) is 2. The number of hydrogen-bond donors (Lipinski definition) is 1. The van der Waals surface area contributed by atoms with E-state index >= 15 is 0 Å². The Morgan fingerprint density at radius 1 is 1.30 bits per heavy atom. The number of aromatic carboxylic acids is 1. The molecule has 0 aromatic carbocycles. The summed E-state index contributed by atoms with van der Waals surface area (Å²) < 4.78 is 26.3. The molecule has 0 fully saturated rings. The van der Waals surface area contributed by atoms with Gasteiger partial charge in [0.15, 0.2) is 9.90 Å². The molecule has 0 aliphatic carbocycles. The van der Waals surface area contributed by atoms with E-state index < -0.39 is 16.0 Å². The van der Waals surface area contributed by atoms with Gasteiger partial charge in [0.2, 0.25) is 0 Å². The molecule has 1 heterocycles. The monoisotopic (exact) mass is 320 g/mol. The molecule has 1 N–H and O–H groups in total. The molecule has 1 aromatic rings.